The van der Waals surface area contributed by atoms with Gasteiger partial charge >= 0.3 is 0 Å². The molecule has 1 saturated carbocycles. The Balaban J connectivity index is 1.96. The van der Waals surface area contributed by atoms with Crippen molar-refractivity contribution < 1.29 is 4.79 Å². The summed E-state index contributed by atoms with van der Waals surface area (Å²) in [6, 6.07) is 5.76. The van der Waals surface area contributed by atoms with E-state index in [4.69, 9.17) is 0 Å². The van der Waals surface area contributed by atoms with Gasteiger partial charge in [0.1, 0.15) is 0 Å². The highest BCUT2D eigenvalue weighted by Gasteiger charge is 2.29. The number of hydrogen-bond acceptors (Lipinski definition) is 1. The van der Waals surface area contributed by atoms with E-state index in [1.165, 1.54) is 12.8 Å². The zero-order valence-corrected chi connectivity index (χ0v) is 12.8. The van der Waals surface area contributed by atoms with Crippen LogP contribution < -0.4 is 5.32 Å². The lowest BCUT2D eigenvalue weighted by molar-refractivity contribution is 0.0953. The van der Waals surface area contributed by atoms with E-state index in [0.29, 0.717) is 11.4 Å². The topological polar surface area (TPSA) is 29.1 Å². The van der Waals surface area contributed by atoms with Crippen LogP contribution in [-0.4, -0.2) is 17.3 Å². The van der Waals surface area contributed by atoms with Gasteiger partial charge in [0.15, 0.2) is 0 Å². The van der Waals surface area contributed by atoms with Gasteiger partial charge in [-0.05, 0) is 43.4 Å². The van der Waals surface area contributed by atoms with Gasteiger partial charge in [0.25, 0.3) is 5.91 Å². The normalized spacial score (nSPS) is 16.6. The van der Waals surface area contributed by atoms with E-state index in [1.54, 1.807) is 0 Å². The van der Waals surface area contributed by atoms with Crippen LogP contribution in [0.15, 0.2) is 22.7 Å². The summed E-state index contributed by atoms with van der Waals surface area (Å²) < 4.78 is 0.936. The van der Waals surface area contributed by atoms with Gasteiger partial charge in [-0.25, -0.2) is 0 Å². The summed E-state index contributed by atoms with van der Waals surface area (Å²) in [5.74, 6) is 0.757. The number of carbonyl (C=O) groups excluding carboxylic acids is 1. The third kappa shape index (κ3) is 3.55. The number of hydrogen-bond donors (Lipinski definition) is 1. The van der Waals surface area contributed by atoms with Gasteiger partial charge in [-0.3, -0.25) is 4.79 Å². The van der Waals surface area contributed by atoms with E-state index in [-0.39, 0.29) is 5.91 Å². The van der Waals surface area contributed by atoms with Crippen LogP contribution >= 0.6 is 31.9 Å². The molecule has 1 atom stereocenters. The fraction of sp³-hybridized carbons (Fsp3) is 0.462. The first kappa shape index (κ1) is 13.1. The Labute approximate surface area is 118 Å². The van der Waals surface area contributed by atoms with Crippen LogP contribution in [0, 0.1) is 12.8 Å². The molecule has 1 aliphatic rings. The zero-order valence-electron chi connectivity index (χ0n) is 9.67. The van der Waals surface area contributed by atoms with Crippen molar-refractivity contribution in [2.75, 3.05) is 6.54 Å². The Morgan fingerprint density at radius 3 is 2.88 bits per heavy atom. The summed E-state index contributed by atoms with van der Waals surface area (Å²) in [5.41, 5.74) is 1.75. The van der Waals surface area contributed by atoms with Crippen molar-refractivity contribution in [1.82, 2.24) is 5.32 Å². The van der Waals surface area contributed by atoms with Crippen LogP contribution in [0.5, 0.6) is 0 Å². The molecule has 92 valence electrons. The summed E-state index contributed by atoms with van der Waals surface area (Å²) in [6.07, 6.45) is 2.56. The molecule has 1 amide bonds. The van der Waals surface area contributed by atoms with E-state index in [2.05, 4.69) is 37.2 Å². The molecule has 0 spiro atoms. The van der Waals surface area contributed by atoms with Crippen LogP contribution in [0.3, 0.4) is 0 Å². The van der Waals surface area contributed by atoms with Crippen molar-refractivity contribution in [3.8, 4) is 0 Å². The van der Waals surface area contributed by atoms with Gasteiger partial charge in [-0.15, -0.1) is 0 Å². The molecule has 0 heterocycles. The summed E-state index contributed by atoms with van der Waals surface area (Å²) >= 11 is 7.00. The minimum absolute atomic E-state index is 0.00824. The molecule has 0 bridgehead atoms. The number of amides is 1. The SMILES string of the molecule is Cc1ccc(Br)cc1C(=O)NCC(Br)C1CC1. The van der Waals surface area contributed by atoms with E-state index >= 15 is 0 Å². The molecule has 0 aromatic heterocycles. The molecule has 1 unspecified atom stereocenters. The lowest BCUT2D eigenvalue weighted by Crippen LogP contribution is -2.30. The molecule has 2 nitrogen and oxygen atoms in total. The highest BCUT2D eigenvalue weighted by Crippen LogP contribution is 2.36. The monoisotopic (exact) mass is 359 g/mol. The molecule has 1 aliphatic carbocycles. The van der Waals surface area contributed by atoms with Crippen LogP contribution in [0.25, 0.3) is 0 Å². The van der Waals surface area contributed by atoms with Gasteiger partial charge in [0.05, 0.1) is 0 Å². The molecule has 0 radical (unpaired) electrons. The minimum atomic E-state index is 0.00824. The third-order valence-electron chi connectivity index (χ3n) is 3.04. The molecule has 2 rings (SSSR count). The molecular weight excluding hydrogens is 346 g/mol. The number of halogens is 2. The molecule has 0 saturated heterocycles. The predicted molar refractivity (Wildman–Crippen MR) is 76.7 cm³/mol. The molecule has 0 aliphatic heterocycles. The highest BCUT2D eigenvalue weighted by molar-refractivity contribution is 9.10. The van der Waals surface area contributed by atoms with Gasteiger partial charge in [-0.1, -0.05) is 37.9 Å². The maximum atomic E-state index is 12.0. The minimum Gasteiger partial charge on any atom is -0.351 e. The maximum Gasteiger partial charge on any atom is 0.251 e. The summed E-state index contributed by atoms with van der Waals surface area (Å²) in [6.45, 7) is 2.66. The lowest BCUT2D eigenvalue weighted by Gasteiger charge is -2.11. The molecule has 1 aromatic carbocycles. The van der Waals surface area contributed by atoms with Gasteiger partial charge in [0, 0.05) is 21.4 Å². The number of carbonyl (C=O) groups is 1. The number of aryl methyl sites for hydroxylation is 1. The van der Waals surface area contributed by atoms with E-state index in [1.807, 2.05) is 25.1 Å². The fourth-order valence-corrected chi connectivity index (χ4v) is 2.80. The van der Waals surface area contributed by atoms with E-state index < -0.39 is 0 Å². The van der Waals surface area contributed by atoms with Crippen molar-refractivity contribution in [3.63, 3.8) is 0 Å². The maximum absolute atomic E-state index is 12.0. The average molecular weight is 361 g/mol. The first-order chi connectivity index (χ1) is 8.08. The quantitative estimate of drug-likeness (QED) is 0.815. The second-order valence-corrected chi connectivity index (χ2v) is 6.61. The number of benzene rings is 1. The zero-order chi connectivity index (χ0) is 12.4. The van der Waals surface area contributed by atoms with Crippen molar-refractivity contribution in [2.24, 2.45) is 5.92 Å². The average Bonchev–Trinajstić information content (AvgIpc) is 3.12. The van der Waals surface area contributed by atoms with Crippen molar-refractivity contribution in [3.05, 3.63) is 33.8 Å². The van der Waals surface area contributed by atoms with Crippen LogP contribution in [0.2, 0.25) is 0 Å². The molecule has 4 heteroatoms. The van der Waals surface area contributed by atoms with E-state index in [0.717, 1.165) is 21.5 Å². The first-order valence-electron chi connectivity index (χ1n) is 5.76. The molecule has 1 aromatic rings. The van der Waals surface area contributed by atoms with Crippen molar-refractivity contribution in [1.29, 1.82) is 0 Å². The van der Waals surface area contributed by atoms with Gasteiger partial charge in [0.2, 0.25) is 0 Å². The summed E-state index contributed by atoms with van der Waals surface area (Å²) in [5, 5.41) is 2.98. The van der Waals surface area contributed by atoms with E-state index in [9.17, 15) is 4.79 Å². The van der Waals surface area contributed by atoms with Crippen LogP contribution in [0.1, 0.15) is 28.8 Å². The smallest absolute Gasteiger partial charge is 0.251 e. The largest absolute Gasteiger partial charge is 0.351 e. The summed E-state index contributed by atoms with van der Waals surface area (Å²) in [7, 11) is 0. The predicted octanol–water partition coefficient (Wildman–Crippen LogP) is 3.66. The Morgan fingerprint density at radius 1 is 1.53 bits per heavy atom. The molecule has 1 N–H and O–H groups in total. The Hall–Kier alpha value is -0.350. The summed E-state index contributed by atoms with van der Waals surface area (Å²) in [4.78, 5) is 12.4. The van der Waals surface area contributed by atoms with Crippen LogP contribution in [-0.2, 0) is 0 Å². The number of rotatable bonds is 4. The number of alkyl halides is 1. The van der Waals surface area contributed by atoms with Crippen molar-refractivity contribution in [2.45, 2.75) is 24.6 Å². The third-order valence-corrected chi connectivity index (χ3v) is 4.60. The first-order valence-corrected chi connectivity index (χ1v) is 7.47. The Kier molecular flexibility index (Phi) is 4.26. The second kappa shape index (κ2) is 5.53. The Morgan fingerprint density at radius 2 is 2.24 bits per heavy atom. The highest BCUT2D eigenvalue weighted by atomic mass is 79.9. The Bertz CT molecular complexity index is 429. The molecule has 17 heavy (non-hydrogen) atoms. The fourth-order valence-electron chi connectivity index (χ4n) is 1.75. The molecule has 1 fully saturated rings. The van der Waals surface area contributed by atoms with Crippen molar-refractivity contribution >= 4 is 37.8 Å². The second-order valence-electron chi connectivity index (χ2n) is 4.52. The van der Waals surface area contributed by atoms with Gasteiger partial charge in [-0.2, -0.15) is 0 Å². The standard InChI is InChI=1S/C13H15Br2NO/c1-8-2-5-10(14)6-11(8)13(17)16-7-12(15)9-3-4-9/h2,5-6,9,12H,3-4,7H2,1H3,(H,16,17). The number of nitrogens with one attached hydrogen (secondary N) is 1. The lowest BCUT2D eigenvalue weighted by atomic mass is 10.1. The van der Waals surface area contributed by atoms with Crippen LogP contribution in [0.4, 0.5) is 0 Å². The van der Waals surface area contributed by atoms with Gasteiger partial charge < -0.3 is 5.32 Å². The molecular formula is C13H15Br2NO.